The molecule has 20 heavy (non-hydrogen) atoms. The van der Waals surface area contributed by atoms with Crippen molar-refractivity contribution >= 4 is 17.3 Å². The van der Waals surface area contributed by atoms with Crippen LogP contribution < -0.4 is 5.32 Å². The molecule has 0 radical (unpaired) electrons. The number of anilines is 1. The molecule has 7 heteroatoms. The number of alkyl halides is 3. The number of hydrogen-bond acceptors (Lipinski definition) is 2. The summed E-state index contributed by atoms with van der Waals surface area (Å²) in [5.41, 5.74) is 0.0944. The molecule has 1 N–H and O–H groups in total. The highest BCUT2D eigenvalue weighted by atomic mass is 35.5. The molecule has 0 spiro atoms. The van der Waals surface area contributed by atoms with Crippen LogP contribution in [0.1, 0.15) is 11.3 Å². The third-order valence-corrected chi connectivity index (χ3v) is 3.24. The molecule has 2 rings (SSSR count). The summed E-state index contributed by atoms with van der Waals surface area (Å²) in [6.07, 6.45) is -2.23. The molecule has 0 aliphatic heterocycles. The Morgan fingerprint density at radius 2 is 2.05 bits per heavy atom. The van der Waals surface area contributed by atoms with Gasteiger partial charge in [0.15, 0.2) is 0 Å². The van der Waals surface area contributed by atoms with Gasteiger partial charge in [-0.3, -0.25) is 4.68 Å². The van der Waals surface area contributed by atoms with E-state index in [4.69, 9.17) is 11.6 Å². The second-order valence-corrected chi connectivity index (χ2v) is 4.69. The van der Waals surface area contributed by atoms with Crippen LogP contribution >= 0.6 is 11.6 Å². The van der Waals surface area contributed by atoms with Crippen molar-refractivity contribution in [2.24, 2.45) is 7.05 Å². The Hall–Kier alpha value is -1.69. The van der Waals surface area contributed by atoms with Crippen molar-refractivity contribution in [2.75, 3.05) is 11.9 Å². The summed E-state index contributed by atoms with van der Waals surface area (Å²) in [6, 6.07) is 5.55. The van der Waals surface area contributed by atoms with Crippen LogP contribution in [0, 0.1) is 0 Å². The molecule has 108 valence electrons. The molecule has 0 aliphatic carbocycles. The minimum atomic E-state index is -4.43. The summed E-state index contributed by atoms with van der Waals surface area (Å²) in [5.74, 6) is 0. The van der Waals surface area contributed by atoms with Gasteiger partial charge in [-0.05, 0) is 18.2 Å². The van der Waals surface area contributed by atoms with Gasteiger partial charge in [0.25, 0.3) is 0 Å². The van der Waals surface area contributed by atoms with Crippen LogP contribution in [0.4, 0.5) is 18.9 Å². The van der Waals surface area contributed by atoms with Crippen molar-refractivity contribution in [3.63, 3.8) is 0 Å². The van der Waals surface area contributed by atoms with Gasteiger partial charge in [-0.25, -0.2) is 0 Å². The average Bonchev–Trinajstić information content (AvgIpc) is 2.76. The lowest BCUT2D eigenvalue weighted by Crippen LogP contribution is -2.14. The maximum absolute atomic E-state index is 12.9. The molecule has 2 aromatic rings. The Morgan fingerprint density at radius 3 is 2.65 bits per heavy atom. The Morgan fingerprint density at radius 1 is 1.30 bits per heavy atom. The van der Waals surface area contributed by atoms with Gasteiger partial charge in [0.2, 0.25) is 0 Å². The Labute approximate surface area is 119 Å². The fraction of sp³-hybridized carbons (Fsp3) is 0.308. The molecule has 1 aromatic heterocycles. The summed E-state index contributed by atoms with van der Waals surface area (Å²) < 4.78 is 40.3. The number of rotatable bonds is 4. The third kappa shape index (κ3) is 3.25. The largest absolute Gasteiger partial charge is 0.418 e. The fourth-order valence-corrected chi connectivity index (χ4v) is 2.14. The highest BCUT2D eigenvalue weighted by Gasteiger charge is 2.34. The van der Waals surface area contributed by atoms with Crippen molar-refractivity contribution in [1.82, 2.24) is 9.78 Å². The van der Waals surface area contributed by atoms with Gasteiger partial charge in [-0.15, -0.1) is 0 Å². The van der Waals surface area contributed by atoms with Crippen LogP contribution in [0.2, 0.25) is 5.02 Å². The Bertz CT molecular complexity index is 593. The predicted molar refractivity (Wildman–Crippen MR) is 71.9 cm³/mol. The topological polar surface area (TPSA) is 29.9 Å². The van der Waals surface area contributed by atoms with Crippen LogP contribution in [0.3, 0.4) is 0 Å². The first kappa shape index (κ1) is 14.7. The van der Waals surface area contributed by atoms with Crippen LogP contribution in [0.5, 0.6) is 0 Å². The molecule has 0 atom stereocenters. The highest BCUT2D eigenvalue weighted by molar-refractivity contribution is 6.33. The molecule has 1 aromatic carbocycles. The lowest BCUT2D eigenvalue weighted by Gasteiger charge is -2.15. The van der Waals surface area contributed by atoms with E-state index in [1.165, 1.54) is 12.1 Å². The third-order valence-electron chi connectivity index (χ3n) is 2.92. The smallest absolute Gasteiger partial charge is 0.383 e. The average molecular weight is 304 g/mol. The van der Waals surface area contributed by atoms with Gasteiger partial charge >= 0.3 is 6.18 Å². The van der Waals surface area contributed by atoms with Gasteiger partial charge < -0.3 is 5.32 Å². The van der Waals surface area contributed by atoms with E-state index in [0.29, 0.717) is 13.0 Å². The summed E-state index contributed by atoms with van der Waals surface area (Å²) in [7, 11) is 1.78. The van der Waals surface area contributed by atoms with Crippen LogP contribution in [-0.4, -0.2) is 16.3 Å². The number of halogens is 4. The zero-order valence-corrected chi connectivity index (χ0v) is 11.5. The molecular formula is C13H13ClF3N3. The Kier molecular flexibility index (Phi) is 4.23. The van der Waals surface area contributed by atoms with Crippen molar-refractivity contribution in [3.8, 4) is 0 Å². The molecule has 0 saturated carbocycles. The molecule has 0 unspecified atom stereocenters. The first-order chi connectivity index (χ1) is 9.39. The van der Waals surface area contributed by atoms with Crippen molar-refractivity contribution in [2.45, 2.75) is 12.6 Å². The van der Waals surface area contributed by atoms with Crippen molar-refractivity contribution < 1.29 is 13.2 Å². The second kappa shape index (κ2) is 5.75. The van der Waals surface area contributed by atoms with E-state index in [1.54, 1.807) is 17.9 Å². The number of aromatic nitrogens is 2. The van der Waals surface area contributed by atoms with Gasteiger partial charge in [-0.1, -0.05) is 17.7 Å². The maximum atomic E-state index is 12.9. The molecule has 0 fully saturated rings. The maximum Gasteiger partial charge on any atom is 0.418 e. The van der Waals surface area contributed by atoms with Gasteiger partial charge in [0.1, 0.15) is 0 Å². The molecule has 1 heterocycles. The quantitative estimate of drug-likeness (QED) is 0.932. The SMILES string of the molecule is Cn1nccc1CCNc1c(Cl)cccc1C(F)(F)F. The lowest BCUT2D eigenvalue weighted by molar-refractivity contribution is -0.136. The number of nitrogens with one attached hydrogen (secondary N) is 1. The summed E-state index contributed by atoms with van der Waals surface area (Å²) >= 11 is 5.85. The first-order valence-corrected chi connectivity index (χ1v) is 6.34. The van der Waals surface area contributed by atoms with Crippen molar-refractivity contribution in [3.05, 3.63) is 46.7 Å². The zero-order valence-electron chi connectivity index (χ0n) is 10.7. The molecule has 0 amide bonds. The molecule has 0 bridgehead atoms. The molecule has 0 saturated heterocycles. The van der Waals surface area contributed by atoms with E-state index < -0.39 is 11.7 Å². The minimum Gasteiger partial charge on any atom is -0.383 e. The second-order valence-electron chi connectivity index (χ2n) is 4.28. The summed E-state index contributed by atoms with van der Waals surface area (Å²) in [6.45, 7) is 0.340. The normalized spacial score (nSPS) is 11.7. The fourth-order valence-electron chi connectivity index (χ4n) is 1.90. The van der Waals surface area contributed by atoms with E-state index in [0.717, 1.165) is 11.8 Å². The number of benzene rings is 1. The molecular weight excluding hydrogens is 291 g/mol. The molecule has 3 nitrogen and oxygen atoms in total. The number of nitrogens with zero attached hydrogens (tertiary/aromatic N) is 2. The Balaban J connectivity index is 2.11. The van der Waals surface area contributed by atoms with Crippen LogP contribution in [0.15, 0.2) is 30.5 Å². The van der Waals surface area contributed by atoms with Gasteiger partial charge in [0.05, 0.1) is 16.3 Å². The highest BCUT2D eigenvalue weighted by Crippen LogP contribution is 2.38. The monoisotopic (exact) mass is 303 g/mol. The van der Waals surface area contributed by atoms with Crippen LogP contribution in [-0.2, 0) is 19.6 Å². The van der Waals surface area contributed by atoms with E-state index in [-0.39, 0.29) is 10.7 Å². The van der Waals surface area contributed by atoms with Gasteiger partial charge in [-0.2, -0.15) is 18.3 Å². The van der Waals surface area contributed by atoms with E-state index >= 15 is 0 Å². The molecule has 0 aliphatic rings. The van der Waals surface area contributed by atoms with Gasteiger partial charge in [0, 0.05) is 31.9 Å². The van der Waals surface area contributed by atoms with E-state index in [9.17, 15) is 13.2 Å². The summed E-state index contributed by atoms with van der Waals surface area (Å²) in [5, 5.41) is 6.82. The van der Waals surface area contributed by atoms with E-state index in [2.05, 4.69) is 10.4 Å². The van der Waals surface area contributed by atoms with E-state index in [1.807, 2.05) is 6.07 Å². The number of para-hydroxylation sites is 1. The first-order valence-electron chi connectivity index (χ1n) is 5.96. The van der Waals surface area contributed by atoms with Crippen molar-refractivity contribution in [1.29, 1.82) is 0 Å². The predicted octanol–water partition coefficient (Wildman–Crippen LogP) is 3.75. The number of aryl methyl sites for hydroxylation is 1. The number of hydrogen-bond donors (Lipinski definition) is 1. The zero-order chi connectivity index (χ0) is 14.8. The standard InChI is InChI=1S/C13H13ClF3N3/c1-20-9(6-8-19-20)5-7-18-12-10(13(15,16)17)3-2-4-11(12)14/h2-4,6,8,18H,5,7H2,1H3. The summed E-state index contributed by atoms with van der Waals surface area (Å²) in [4.78, 5) is 0. The lowest BCUT2D eigenvalue weighted by atomic mass is 10.1. The van der Waals surface area contributed by atoms with Crippen LogP contribution in [0.25, 0.3) is 0 Å². The minimum absolute atomic E-state index is 0.0600.